The van der Waals surface area contributed by atoms with Gasteiger partial charge in [-0.2, -0.15) is 0 Å². The van der Waals surface area contributed by atoms with Gasteiger partial charge in [0, 0.05) is 6.42 Å². The number of nitrogens with one attached hydrogen (secondary N) is 1. The molecule has 1 aliphatic heterocycles. The lowest BCUT2D eigenvalue weighted by atomic mass is 10.1. The van der Waals surface area contributed by atoms with Crippen LogP contribution in [-0.4, -0.2) is 23.8 Å². The Morgan fingerprint density at radius 2 is 1.96 bits per heavy atom. The molecular weight excluding hydrogens is 322 g/mol. The monoisotopic (exact) mass is 337 g/mol. The second kappa shape index (κ2) is 5.72. The topological polar surface area (TPSA) is 66.3 Å². The molecule has 0 bridgehead atoms. The molecule has 1 amide bonds. The van der Waals surface area contributed by atoms with Crippen LogP contribution in [0.15, 0.2) is 48.5 Å². The van der Waals surface area contributed by atoms with Crippen LogP contribution in [-0.2, 0) is 4.79 Å². The molecule has 3 aromatic rings. The molecule has 1 atom stereocenters. The molecule has 1 unspecified atom stereocenters. The first-order valence-corrected chi connectivity index (χ1v) is 8.40. The third-order valence-corrected chi connectivity index (χ3v) is 5.29. The quantitative estimate of drug-likeness (QED) is 0.790. The largest absolute Gasteiger partial charge is 0.497 e. The number of methoxy groups -OCH3 is 1. The van der Waals surface area contributed by atoms with Crippen molar-refractivity contribution in [3.8, 4) is 5.75 Å². The van der Waals surface area contributed by atoms with Crippen molar-refractivity contribution in [2.75, 3.05) is 12.0 Å². The molecule has 24 heavy (non-hydrogen) atoms. The molecule has 1 fully saturated rings. The van der Waals surface area contributed by atoms with Gasteiger partial charge in [0.15, 0.2) is 0 Å². The van der Waals surface area contributed by atoms with E-state index >= 15 is 0 Å². The lowest BCUT2D eigenvalue weighted by molar-refractivity contribution is -0.116. The van der Waals surface area contributed by atoms with Crippen molar-refractivity contribution >= 4 is 39.0 Å². The van der Waals surface area contributed by atoms with Gasteiger partial charge in [-0.1, -0.05) is 12.1 Å². The predicted molar refractivity (Wildman–Crippen MR) is 95.2 cm³/mol. The van der Waals surface area contributed by atoms with Crippen LogP contribution in [0.1, 0.15) is 17.3 Å². The Bertz CT molecular complexity index is 900. The number of amidine groups is 1. The number of amides is 1. The number of hydrogen-bond acceptors (Lipinski definition) is 5. The van der Waals surface area contributed by atoms with Gasteiger partial charge in [0.25, 0.3) is 0 Å². The first-order valence-electron chi connectivity index (χ1n) is 7.58. The summed E-state index contributed by atoms with van der Waals surface area (Å²) >= 11 is 1.55. The van der Waals surface area contributed by atoms with Gasteiger partial charge >= 0.3 is 0 Å². The Hall–Kier alpha value is -2.73. The zero-order valence-electron chi connectivity index (χ0n) is 13.0. The fraction of sp³-hybridized carbons (Fsp3) is 0.167. The van der Waals surface area contributed by atoms with Crippen molar-refractivity contribution in [2.45, 2.75) is 12.3 Å². The fourth-order valence-electron chi connectivity index (χ4n) is 2.91. The molecule has 4 rings (SSSR count). The highest BCUT2D eigenvalue weighted by molar-refractivity contribution is 7.18. The highest BCUT2D eigenvalue weighted by Crippen LogP contribution is 2.37. The summed E-state index contributed by atoms with van der Waals surface area (Å²) in [6, 6.07) is 15.1. The summed E-state index contributed by atoms with van der Waals surface area (Å²) in [6.07, 6.45) is 0.282. The second-order valence-electron chi connectivity index (χ2n) is 5.59. The van der Waals surface area contributed by atoms with Crippen molar-refractivity contribution in [3.05, 3.63) is 53.5 Å². The lowest BCUT2D eigenvalue weighted by Gasteiger charge is -2.17. The van der Waals surface area contributed by atoms with Gasteiger partial charge in [-0.05, 0) is 36.4 Å². The summed E-state index contributed by atoms with van der Waals surface area (Å²) in [5.74, 6) is 0.648. The van der Waals surface area contributed by atoms with Crippen molar-refractivity contribution in [3.63, 3.8) is 0 Å². The Morgan fingerprint density at radius 1 is 1.21 bits per heavy atom. The maximum absolute atomic E-state index is 12.5. The zero-order valence-corrected chi connectivity index (χ0v) is 13.8. The maximum atomic E-state index is 12.5. The smallest absolute Gasteiger partial charge is 0.233 e. The molecule has 0 aliphatic carbocycles. The number of benzene rings is 2. The van der Waals surface area contributed by atoms with Crippen molar-refractivity contribution in [1.82, 2.24) is 4.98 Å². The first-order chi connectivity index (χ1) is 11.7. The van der Waals surface area contributed by atoms with E-state index in [0.717, 1.165) is 21.0 Å². The van der Waals surface area contributed by atoms with Crippen molar-refractivity contribution in [2.24, 2.45) is 0 Å². The van der Waals surface area contributed by atoms with Crippen LogP contribution in [0.4, 0.5) is 5.69 Å². The van der Waals surface area contributed by atoms with Crippen molar-refractivity contribution < 1.29 is 9.53 Å². The maximum Gasteiger partial charge on any atom is 0.233 e. The van der Waals surface area contributed by atoms with Gasteiger partial charge in [0.1, 0.15) is 16.6 Å². The van der Waals surface area contributed by atoms with E-state index in [9.17, 15) is 4.79 Å². The molecule has 1 aliphatic rings. The highest BCUT2D eigenvalue weighted by Gasteiger charge is 2.39. The fourth-order valence-corrected chi connectivity index (χ4v) is 3.98. The van der Waals surface area contributed by atoms with E-state index in [2.05, 4.69) is 4.98 Å². The number of aromatic nitrogens is 1. The number of nitrogens with zero attached hydrogens (tertiary/aromatic N) is 2. The van der Waals surface area contributed by atoms with Crippen LogP contribution in [0.25, 0.3) is 10.2 Å². The molecule has 5 nitrogen and oxygen atoms in total. The van der Waals surface area contributed by atoms with Crippen LogP contribution in [0.5, 0.6) is 5.75 Å². The third-order valence-electron chi connectivity index (χ3n) is 4.14. The Kier molecular flexibility index (Phi) is 3.54. The number of hydrogen-bond donors (Lipinski definition) is 1. The average molecular weight is 337 g/mol. The molecule has 1 aromatic heterocycles. The van der Waals surface area contributed by atoms with E-state index in [1.165, 1.54) is 4.90 Å². The molecule has 1 saturated heterocycles. The van der Waals surface area contributed by atoms with Gasteiger partial charge in [-0.15, -0.1) is 11.3 Å². The highest BCUT2D eigenvalue weighted by atomic mass is 32.1. The zero-order chi connectivity index (χ0) is 16.7. The summed E-state index contributed by atoms with van der Waals surface area (Å²) in [4.78, 5) is 18.6. The van der Waals surface area contributed by atoms with Crippen molar-refractivity contribution in [1.29, 1.82) is 5.41 Å². The lowest BCUT2D eigenvalue weighted by Crippen LogP contribution is -2.29. The normalized spacial score (nSPS) is 17.7. The molecule has 0 radical (unpaired) electrons. The molecule has 120 valence electrons. The molecule has 2 aromatic carbocycles. The van der Waals surface area contributed by atoms with E-state index < -0.39 is 0 Å². The van der Waals surface area contributed by atoms with Gasteiger partial charge < -0.3 is 4.74 Å². The van der Waals surface area contributed by atoms with E-state index in [4.69, 9.17) is 10.1 Å². The second-order valence-corrected chi connectivity index (χ2v) is 6.65. The number of para-hydroxylation sites is 1. The number of anilines is 1. The van der Waals surface area contributed by atoms with E-state index in [1.54, 1.807) is 42.7 Å². The number of carbonyl (C=O) groups is 1. The minimum Gasteiger partial charge on any atom is -0.497 e. The van der Waals surface area contributed by atoms with Crippen LogP contribution in [0.3, 0.4) is 0 Å². The summed E-state index contributed by atoms with van der Waals surface area (Å²) in [5, 5.41) is 9.31. The number of ether oxygens (including phenoxy) is 1. The summed E-state index contributed by atoms with van der Waals surface area (Å²) in [5.41, 5.74) is 1.61. The van der Waals surface area contributed by atoms with Gasteiger partial charge in [0.2, 0.25) is 5.91 Å². The van der Waals surface area contributed by atoms with Gasteiger partial charge in [-0.3, -0.25) is 15.1 Å². The molecule has 6 heteroatoms. The van der Waals surface area contributed by atoms with Crippen LogP contribution in [0, 0.1) is 5.41 Å². The van der Waals surface area contributed by atoms with Crippen LogP contribution >= 0.6 is 11.3 Å². The van der Waals surface area contributed by atoms with Crippen LogP contribution in [0.2, 0.25) is 0 Å². The van der Waals surface area contributed by atoms with E-state index in [1.807, 2.05) is 24.3 Å². The molecule has 2 heterocycles. The summed E-state index contributed by atoms with van der Waals surface area (Å²) in [6.45, 7) is 0. The van der Waals surface area contributed by atoms with Crippen LogP contribution < -0.4 is 9.64 Å². The van der Waals surface area contributed by atoms with E-state index in [0.29, 0.717) is 5.69 Å². The van der Waals surface area contributed by atoms with Gasteiger partial charge in [0.05, 0.1) is 28.9 Å². The molecule has 0 spiro atoms. The molecule has 1 N–H and O–H groups in total. The predicted octanol–water partition coefficient (Wildman–Crippen LogP) is 3.80. The SMILES string of the molecule is COc1ccc(N2C(=N)C(c3nc4ccccc4s3)CC2=O)cc1. The Labute approximate surface area is 143 Å². The Morgan fingerprint density at radius 3 is 2.67 bits per heavy atom. The number of fused-ring (bicyclic) bond motifs is 1. The first kappa shape index (κ1) is 14.8. The Balaban J connectivity index is 1.67. The minimum atomic E-state index is -0.281. The van der Waals surface area contributed by atoms with Gasteiger partial charge in [-0.25, -0.2) is 4.98 Å². The third kappa shape index (κ3) is 2.35. The van der Waals surface area contributed by atoms with E-state index in [-0.39, 0.29) is 24.1 Å². The average Bonchev–Trinajstić information content (AvgIpc) is 3.15. The standard InChI is InChI=1S/C18H15N3O2S/c1-23-12-8-6-11(7-9-12)21-16(22)10-13(17(21)19)18-20-14-4-2-3-5-15(14)24-18/h2-9,13,19H,10H2,1H3. The number of rotatable bonds is 3. The number of carbonyl (C=O) groups excluding carboxylic acids is 1. The minimum absolute atomic E-state index is 0.0746. The molecular formula is C18H15N3O2S. The summed E-state index contributed by atoms with van der Waals surface area (Å²) in [7, 11) is 1.60. The molecule has 0 saturated carbocycles. The summed E-state index contributed by atoms with van der Waals surface area (Å²) < 4.78 is 6.22. The number of thiazole rings is 1.